The lowest BCUT2D eigenvalue weighted by molar-refractivity contribution is -0.00197. The van der Waals surface area contributed by atoms with Gasteiger partial charge in [0.1, 0.15) is 0 Å². The molecule has 1 aromatic heterocycles. The maximum atomic E-state index is 12.7. The zero-order chi connectivity index (χ0) is 14.3. The Labute approximate surface area is 118 Å². The molecular weight excluding hydrogens is 252 g/mol. The average molecular weight is 272 g/mol. The second-order valence-electron chi connectivity index (χ2n) is 5.96. The summed E-state index contributed by atoms with van der Waals surface area (Å²) in [7, 11) is 1.96. The Morgan fingerprint density at radius 2 is 1.90 bits per heavy atom. The Morgan fingerprint density at radius 3 is 2.60 bits per heavy atom. The zero-order valence-corrected chi connectivity index (χ0v) is 12.0. The highest BCUT2D eigenvalue weighted by atomic mass is 16.3. The summed E-state index contributed by atoms with van der Waals surface area (Å²) in [5.74, 6) is 0.0669. The number of para-hydroxylation sites is 1. The minimum atomic E-state index is -0.629. The number of benzene rings is 1. The van der Waals surface area contributed by atoms with Gasteiger partial charge in [-0.3, -0.25) is 4.79 Å². The number of carbonyl (C=O) groups excluding carboxylic acids is 1. The molecule has 0 atom stereocenters. The van der Waals surface area contributed by atoms with E-state index in [0.717, 1.165) is 16.5 Å². The molecule has 1 aliphatic heterocycles. The minimum absolute atomic E-state index is 0.0669. The number of nitrogens with zero attached hydrogens (tertiary/aromatic N) is 2. The maximum absolute atomic E-state index is 12.7. The first-order valence-corrected chi connectivity index (χ1v) is 7.04. The van der Waals surface area contributed by atoms with Crippen molar-refractivity contribution >= 4 is 16.8 Å². The lowest BCUT2D eigenvalue weighted by atomic mass is 9.93. The summed E-state index contributed by atoms with van der Waals surface area (Å²) in [5.41, 5.74) is 1.19. The molecule has 4 heteroatoms. The van der Waals surface area contributed by atoms with E-state index in [1.807, 2.05) is 53.9 Å². The molecule has 3 rings (SSSR count). The van der Waals surface area contributed by atoms with Crippen molar-refractivity contribution in [2.24, 2.45) is 7.05 Å². The van der Waals surface area contributed by atoms with Crippen LogP contribution in [0.5, 0.6) is 0 Å². The van der Waals surface area contributed by atoms with Gasteiger partial charge in [-0.2, -0.15) is 0 Å². The van der Waals surface area contributed by atoms with E-state index in [1.165, 1.54) is 0 Å². The van der Waals surface area contributed by atoms with Crippen LogP contribution in [0.4, 0.5) is 0 Å². The van der Waals surface area contributed by atoms with Crippen LogP contribution in [0.25, 0.3) is 10.9 Å². The molecular formula is C16H20N2O2. The van der Waals surface area contributed by atoms with Crippen LogP contribution in [-0.4, -0.2) is 39.2 Å². The number of aliphatic hydroxyl groups is 1. The largest absolute Gasteiger partial charge is 0.390 e. The van der Waals surface area contributed by atoms with Crippen molar-refractivity contribution in [3.05, 3.63) is 36.0 Å². The van der Waals surface area contributed by atoms with Crippen molar-refractivity contribution in [1.82, 2.24) is 9.47 Å². The first-order valence-electron chi connectivity index (χ1n) is 7.04. The number of fused-ring (bicyclic) bond motifs is 1. The summed E-state index contributed by atoms with van der Waals surface area (Å²) < 4.78 is 1.99. The fourth-order valence-electron chi connectivity index (χ4n) is 2.87. The standard InChI is InChI=1S/C16H20N2O2/c1-16(20)7-9-18(10-8-16)15(19)13-11-17(2)14-6-4-3-5-12(13)14/h3-6,11,20H,7-10H2,1-2H3. The number of carbonyl (C=O) groups is 1. The highest BCUT2D eigenvalue weighted by Crippen LogP contribution is 2.26. The molecule has 0 radical (unpaired) electrons. The number of piperidine rings is 1. The van der Waals surface area contributed by atoms with E-state index >= 15 is 0 Å². The molecule has 4 nitrogen and oxygen atoms in total. The Bertz CT molecular complexity index is 648. The number of likely N-dealkylation sites (tertiary alicyclic amines) is 1. The van der Waals surface area contributed by atoms with Gasteiger partial charge in [0.05, 0.1) is 11.2 Å². The molecule has 1 saturated heterocycles. The normalized spacial score (nSPS) is 18.4. The van der Waals surface area contributed by atoms with E-state index in [9.17, 15) is 9.90 Å². The number of hydrogen-bond acceptors (Lipinski definition) is 2. The topological polar surface area (TPSA) is 45.5 Å². The van der Waals surface area contributed by atoms with Crippen molar-refractivity contribution in [3.63, 3.8) is 0 Å². The Balaban J connectivity index is 1.90. The third-order valence-electron chi connectivity index (χ3n) is 4.26. The highest BCUT2D eigenvalue weighted by molar-refractivity contribution is 6.07. The van der Waals surface area contributed by atoms with Crippen molar-refractivity contribution in [1.29, 1.82) is 0 Å². The van der Waals surface area contributed by atoms with Gasteiger partial charge in [0.15, 0.2) is 0 Å². The van der Waals surface area contributed by atoms with Crippen molar-refractivity contribution < 1.29 is 9.90 Å². The van der Waals surface area contributed by atoms with Gasteiger partial charge in [-0.05, 0) is 25.8 Å². The van der Waals surface area contributed by atoms with Crippen molar-refractivity contribution in [2.45, 2.75) is 25.4 Å². The van der Waals surface area contributed by atoms with Gasteiger partial charge < -0.3 is 14.6 Å². The SMILES string of the molecule is Cn1cc(C(=O)N2CCC(C)(O)CC2)c2ccccc21. The molecule has 1 amide bonds. The first-order chi connectivity index (χ1) is 9.48. The number of aryl methyl sites for hydroxylation is 1. The molecule has 2 aromatic rings. The van der Waals surface area contributed by atoms with E-state index < -0.39 is 5.60 Å². The number of amides is 1. The van der Waals surface area contributed by atoms with Crippen LogP contribution in [0.3, 0.4) is 0 Å². The van der Waals surface area contributed by atoms with Crippen LogP contribution < -0.4 is 0 Å². The average Bonchev–Trinajstić information content (AvgIpc) is 2.76. The third kappa shape index (κ3) is 2.20. The molecule has 1 aromatic carbocycles. The van der Waals surface area contributed by atoms with Crippen LogP contribution in [0.2, 0.25) is 0 Å². The monoisotopic (exact) mass is 272 g/mol. The molecule has 1 fully saturated rings. The molecule has 0 saturated carbocycles. The second kappa shape index (κ2) is 4.63. The quantitative estimate of drug-likeness (QED) is 0.864. The minimum Gasteiger partial charge on any atom is -0.390 e. The fourth-order valence-corrected chi connectivity index (χ4v) is 2.87. The molecule has 1 N–H and O–H groups in total. The number of hydrogen-bond donors (Lipinski definition) is 1. The molecule has 2 heterocycles. The lowest BCUT2D eigenvalue weighted by Gasteiger charge is -2.35. The predicted molar refractivity (Wildman–Crippen MR) is 78.7 cm³/mol. The van der Waals surface area contributed by atoms with E-state index in [4.69, 9.17) is 0 Å². The maximum Gasteiger partial charge on any atom is 0.256 e. The molecule has 20 heavy (non-hydrogen) atoms. The molecule has 0 unspecified atom stereocenters. The smallest absolute Gasteiger partial charge is 0.256 e. The Kier molecular flexibility index (Phi) is 3.05. The van der Waals surface area contributed by atoms with Crippen molar-refractivity contribution in [2.75, 3.05) is 13.1 Å². The van der Waals surface area contributed by atoms with E-state index in [0.29, 0.717) is 25.9 Å². The summed E-state index contributed by atoms with van der Waals surface area (Å²) in [6, 6.07) is 7.95. The molecule has 1 aliphatic rings. The van der Waals surface area contributed by atoms with Gasteiger partial charge in [-0.25, -0.2) is 0 Å². The zero-order valence-electron chi connectivity index (χ0n) is 12.0. The molecule has 0 spiro atoms. The lowest BCUT2D eigenvalue weighted by Crippen LogP contribution is -2.45. The fraction of sp³-hybridized carbons (Fsp3) is 0.438. The van der Waals surface area contributed by atoms with Gasteiger partial charge in [-0.15, -0.1) is 0 Å². The van der Waals surface area contributed by atoms with Gasteiger partial charge in [0.25, 0.3) is 5.91 Å². The van der Waals surface area contributed by atoms with Crippen LogP contribution in [-0.2, 0) is 7.05 Å². The van der Waals surface area contributed by atoms with Gasteiger partial charge >= 0.3 is 0 Å². The Morgan fingerprint density at radius 1 is 1.25 bits per heavy atom. The Hall–Kier alpha value is -1.81. The van der Waals surface area contributed by atoms with Crippen LogP contribution in [0.1, 0.15) is 30.1 Å². The van der Waals surface area contributed by atoms with Gasteiger partial charge in [0.2, 0.25) is 0 Å². The van der Waals surface area contributed by atoms with Crippen molar-refractivity contribution in [3.8, 4) is 0 Å². The van der Waals surface area contributed by atoms with E-state index in [2.05, 4.69) is 0 Å². The first kappa shape index (κ1) is 13.2. The van der Waals surface area contributed by atoms with Gasteiger partial charge in [-0.1, -0.05) is 18.2 Å². The second-order valence-corrected chi connectivity index (χ2v) is 5.96. The summed E-state index contributed by atoms with van der Waals surface area (Å²) in [4.78, 5) is 14.5. The van der Waals surface area contributed by atoms with Crippen LogP contribution in [0.15, 0.2) is 30.5 Å². The summed E-state index contributed by atoms with van der Waals surface area (Å²) >= 11 is 0. The number of rotatable bonds is 1. The molecule has 0 bridgehead atoms. The summed E-state index contributed by atoms with van der Waals surface area (Å²) in [6.45, 7) is 3.08. The summed E-state index contributed by atoms with van der Waals surface area (Å²) in [5, 5.41) is 11.0. The predicted octanol–water partition coefficient (Wildman–Crippen LogP) is 2.17. The van der Waals surface area contributed by atoms with Gasteiger partial charge in [0, 0.05) is 37.2 Å². The van der Waals surface area contributed by atoms with E-state index in [-0.39, 0.29) is 5.91 Å². The van der Waals surface area contributed by atoms with Crippen LogP contribution in [0, 0.1) is 0 Å². The third-order valence-corrected chi connectivity index (χ3v) is 4.26. The van der Waals surface area contributed by atoms with E-state index in [1.54, 1.807) is 0 Å². The highest BCUT2D eigenvalue weighted by Gasteiger charge is 2.30. The summed E-state index contributed by atoms with van der Waals surface area (Å²) in [6.07, 6.45) is 3.19. The number of aromatic nitrogens is 1. The van der Waals surface area contributed by atoms with Crippen LogP contribution >= 0.6 is 0 Å². The molecule has 0 aliphatic carbocycles. The molecule has 106 valence electrons.